The second-order valence-corrected chi connectivity index (χ2v) is 10.3. The zero-order chi connectivity index (χ0) is 22.8. The lowest BCUT2D eigenvalue weighted by Crippen LogP contribution is -2.09. The topological polar surface area (TPSA) is 3.24 Å². The van der Waals surface area contributed by atoms with Crippen LogP contribution in [0.15, 0.2) is 125 Å². The van der Waals surface area contributed by atoms with Gasteiger partial charge in [0.05, 0.1) is 0 Å². The van der Waals surface area contributed by atoms with Crippen molar-refractivity contribution in [3.05, 3.63) is 126 Å². The molecule has 0 spiro atoms. The van der Waals surface area contributed by atoms with Crippen molar-refractivity contribution in [3.8, 4) is 11.1 Å². The molecule has 1 aliphatic rings. The molecular formula is C30H24BrNS. The molecule has 0 N–H and O–H groups in total. The fraction of sp³-hybridized carbons (Fsp3) is 0.0667. The van der Waals surface area contributed by atoms with Crippen LogP contribution in [0.5, 0.6) is 0 Å². The Morgan fingerprint density at radius 2 is 1.24 bits per heavy atom. The van der Waals surface area contributed by atoms with Crippen molar-refractivity contribution in [1.29, 1.82) is 0 Å². The van der Waals surface area contributed by atoms with E-state index < -0.39 is 0 Å². The Labute approximate surface area is 208 Å². The molecule has 162 valence electrons. The molecule has 0 radical (unpaired) electrons. The van der Waals surface area contributed by atoms with Crippen LogP contribution in [0.4, 0.5) is 17.1 Å². The summed E-state index contributed by atoms with van der Waals surface area (Å²) in [6.45, 7) is 6.54. The van der Waals surface area contributed by atoms with E-state index in [-0.39, 0.29) is 0 Å². The summed E-state index contributed by atoms with van der Waals surface area (Å²) in [6, 6.07) is 36.4. The van der Waals surface area contributed by atoms with Crippen LogP contribution in [-0.2, 0) is 0 Å². The Balaban J connectivity index is 1.56. The van der Waals surface area contributed by atoms with E-state index in [1.807, 2.05) is 11.8 Å². The number of thioether (sulfide) groups is 1. The molecule has 1 atom stereocenters. The highest BCUT2D eigenvalue weighted by Crippen LogP contribution is 2.45. The first-order valence-electron chi connectivity index (χ1n) is 11.0. The maximum atomic E-state index is 4.31. The highest BCUT2D eigenvalue weighted by atomic mass is 79.9. The van der Waals surface area contributed by atoms with E-state index in [1.165, 1.54) is 26.1 Å². The monoisotopic (exact) mass is 509 g/mol. The first kappa shape index (κ1) is 21.8. The number of para-hydroxylation sites is 2. The average Bonchev–Trinajstić information content (AvgIpc) is 2.96. The lowest BCUT2D eigenvalue weighted by Gasteiger charge is -2.25. The van der Waals surface area contributed by atoms with Crippen molar-refractivity contribution in [2.24, 2.45) is 0 Å². The average molecular weight is 511 g/mol. The van der Waals surface area contributed by atoms with Gasteiger partial charge in [0, 0.05) is 31.7 Å². The zero-order valence-electron chi connectivity index (χ0n) is 18.4. The molecule has 0 amide bonds. The van der Waals surface area contributed by atoms with Gasteiger partial charge < -0.3 is 4.90 Å². The molecular weight excluding hydrogens is 486 g/mol. The number of halogens is 1. The third kappa shape index (κ3) is 4.44. The van der Waals surface area contributed by atoms with Crippen molar-refractivity contribution in [1.82, 2.24) is 0 Å². The first-order chi connectivity index (χ1) is 16.1. The summed E-state index contributed by atoms with van der Waals surface area (Å²) in [4.78, 5) is 3.58. The summed E-state index contributed by atoms with van der Waals surface area (Å²) in [6.07, 6.45) is 2.15. The SMILES string of the molecule is C=C1C=C(Br)C(C)Sc2c1cccc2-c1ccc(N(c2ccccc2)c2ccccc2)cc1. The minimum atomic E-state index is 0.343. The van der Waals surface area contributed by atoms with Crippen molar-refractivity contribution < 1.29 is 0 Å². The summed E-state index contributed by atoms with van der Waals surface area (Å²) in [5.41, 5.74) is 8.13. The smallest absolute Gasteiger partial charge is 0.0462 e. The summed E-state index contributed by atoms with van der Waals surface area (Å²) in [5, 5.41) is 0.343. The van der Waals surface area contributed by atoms with Gasteiger partial charge in [-0.05, 0) is 71.7 Å². The van der Waals surface area contributed by atoms with Gasteiger partial charge in [0.15, 0.2) is 0 Å². The molecule has 0 aromatic heterocycles. The summed E-state index contributed by atoms with van der Waals surface area (Å²) in [7, 11) is 0. The normalized spacial score (nSPS) is 15.4. The van der Waals surface area contributed by atoms with Crippen LogP contribution in [-0.4, -0.2) is 5.25 Å². The molecule has 33 heavy (non-hydrogen) atoms. The molecule has 0 saturated heterocycles. The van der Waals surface area contributed by atoms with E-state index in [0.717, 1.165) is 22.6 Å². The van der Waals surface area contributed by atoms with Crippen LogP contribution in [0.3, 0.4) is 0 Å². The van der Waals surface area contributed by atoms with Gasteiger partial charge in [0.1, 0.15) is 0 Å². The molecule has 1 aliphatic heterocycles. The van der Waals surface area contributed by atoms with Crippen LogP contribution < -0.4 is 4.90 Å². The predicted molar refractivity (Wildman–Crippen MR) is 148 cm³/mol. The molecule has 1 heterocycles. The number of nitrogens with zero attached hydrogens (tertiary/aromatic N) is 1. The van der Waals surface area contributed by atoms with Gasteiger partial charge in [-0.15, -0.1) is 11.8 Å². The number of allylic oxidation sites excluding steroid dienone is 2. The number of benzene rings is 4. The van der Waals surface area contributed by atoms with Crippen LogP contribution in [0.2, 0.25) is 0 Å². The summed E-state index contributed by atoms with van der Waals surface area (Å²) >= 11 is 5.61. The highest BCUT2D eigenvalue weighted by Gasteiger charge is 2.21. The third-order valence-electron chi connectivity index (χ3n) is 5.82. The van der Waals surface area contributed by atoms with Crippen molar-refractivity contribution in [2.45, 2.75) is 17.1 Å². The van der Waals surface area contributed by atoms with E-state index in [0.29, 0.717) is 5.25 Å². The Morgan fingerprint density at radius 1 is 0.697 bits per heavy atom. The number of anilines is 3. The van der Waals surface area contributed by atoms with Gasteiger partial charge in [0.2, 0.25) is 0 Å². The second kappa shape index (κ2) is 9.46. The molecule has 4 aromatic rings. The molecule has 0 aliphatic carbocycles. The van der Waals surface area contributed by atoms with Crippen LogP contribution >= 0.6 is 27.7 Å². The predicted octanol–water partition coefficient (Wildman–Crippen LogP) is 9.61. The Hall–Kier alpha value is -3.01. The number of fused-ring (bicyclic) bond motifs is 1. The van der Waals surface area contributed by atoms with E-state index in [4.69, 9.17) is 0 Å². The zero-order valence-corrected chi connectivity index (χ0v) is 20.8. The molecule has 1 unspecified atom stereocenters. The van der Waals surface area contributed by atoms with E-state index in [9.17, 15) is 0 Å². The lowest BCUT2D eigenvalue weighted by atomic mass is 9.99. The molecule has 0 bridgehead atoms. The molecule has 0 fully saturated rings. The van der Waals surface area contributed by atoms with Gasteiger partial charge in [-0.2, -0.15) is 0 Å². The van der Waals surface area contributed by atoms with Crippen LogP contribution in [0.1, 0.15) is 12.5 Å². The van der Waals surface area contributed by atoms with Gasteiger partial charge in [-0.3, -0.25) is 0 Å². The number of hydrogen-bond donors (Lipinski definition) is 0. The fourth-order valence-electron chi connectivity index (χ4n) is 4.13. The lowest BCUT2D eigenvalue weighted by molar-refractivity contribution is 1.23. The van der Waals surface area contributed by atoms with Crippen molar-refractivity contribution >= 4 is 50.3 Å². The molecule has 5 rings (SSSR count). The van der Waals surface area contributed by atoms with Crippen molar-refractivity contribution in [3.63, 3.8) is 0 Å². The van der Waals surface area contributed by atoms with E-state index in [2.05, 4.69) is 144 Å². The molecule has 3 heteroatoms. The highest BCUT2D eigenvalue weighted by molar-refractivity contribution is 9.11. The van der Waals surface area contributed by atoms with E-state index >= 15 is 0 Å². The van der Waals surface area contributed by atoms with Crippen LogP contribution in [0, 0.1) is 0 Å². The minimum Gasteiger partial charge on any atom is -0.311 e. The molecule has 0 saturated carbocycles. The number of rotatable bonds is 4. The third-order valence-corrected chi connectivity index (χ3v) is 8.32. The Morgan fingerprint density at radius 3 is 1.85 bits per heavy atom. The maximum absolute atomic E-state index is 4.31. The maximum Gasteiger partial charge on any atom is 0.0462 e. The Kier molecular flexibility index (Phi) is 6.26. The largest absolute Gasteiger partial charge is 0.311 e. The quantitative estimate of drug-likeness (QED) is 0.269. The Bertz CT molecular complexity index is 1270. The molecule has 4 aromatic carbocycles. The first-order valence-corrected chi connectivity index (χ1v) is 12.7. The second-order valence-electron chi connectivity index (χ2n) is 8.05. The van der Waals surface area contributed by atoms with Gasteiger partial charge in [0.25, 0.3) is 0 Å². The minimum absolute atomic E-state index is 0.343. The summed E-state index contributed by atoms with van der Waals surface area (Å²) in [5.74, 6) is 0. The fourth-order valence-corrected chi connectivity index (χ4v) is 5.86. The summed E-state index contributed by atoms with van der Waals surface area (Å²) < 4.78 is 1.18. The number of hydrogen-bond acceptors (Lipinski definition) is 2. The van der Waals surface area contributed by atoms with Crippen LogP contribution in [0.25, 0.3) is 16.7 Å². The van der Waals surface area contributed by atoms with Gasteiger partial charge in [-0.1, -0.05) is 89.2 Å². The standard InChI is InChI=1S/C30H24BrNS/c1-21-20-29(31)22(2)33-30-27(21)14-9-15-28(30)23-16-18-26(19-17-23)32(24-10-5-3-6-11-24)25-12-7-4-8-13-25/h3-20,22H,1H2,2H3. The van der Waals surface area contributed by atoms with E-state index in [1.54, 1.807) is 0 Å². The van der Waals surface area contributed by atoms with Crippen molar-refractivity contribution in [2.75, 3.05) is 4.90 Å². The van der Waals surface area contributed by atoms with Gasteiger partial charge >= 0.3 is 0 Å². The molecule has 1 nitrogen and oxygen atoms in total. The van der Waals surface area contributed by atoms with Gasteiger partial charge in [-0.25, -0.2) is 0 Å².